The standard InChI is InChI=1S/C22H18FOP/c1-17(19-13-15-20(23)16-14-19)18(2)25(24,21-9-5-3-6-10-21)22-11-7-4-8-12-22/h3-16H,1-2H2. The lowest BCUT2D eigenvalue weighted by molar-refractivity contribution is 0.591. The Bertz CT molecular complexity index is 901. The van der Waals surface area contributed by atoms with Gasteiger partial charge in [-0.1, -0.05) is 86.0 Å². The molecule has 3 heteroatoms. The average molecular weight is 348 g/mol. The zero-order valence-electron chi connectivity index (χ0n) is 13.7. The van der Waals surface area contributed by atoms with Gasteiger partial charge in [-0.05, 0) is 23.3 Å². The fraction of sp³-hybridized carbons (Fsp3) is 0. The van der Waals surface area contributed by atoms with E-state index in [1.165, 1.54) is 12.1 Å². The first-order valence-corrected chi connectivity index (χ1v) is 9.60. The van der Waals surface area contributed by atoms with Crippen molar-refractivity contribution in [2.45, 2.75) is 0 Å². The fourth-order valence-corrected chi connectivity index (χ4v) is 5.36. The van der Waals surface area contributed by atoms with Crippen LogP contribution in [0.25, 0.3) is 5.57 Å². The van der Waals surface area contributed by atoms with Crippen LogP contribution in [0.4, 0.5) is 4.39 Å². The maximum absolute atomic E-state index is 14.2. The summed E-state index contributed by atoms with van der Waals surface area (Å²) < 4.78 is 27.4. The zero-order valence-corrected chi connectivity index (χ0v) is 14.6. The van der Waals surface area contributed by atoms with Crippen molar-refractivity contribution in [1.82, 2.24) is 0 Å². The largest absolute Gasteiger partial charge is 0.309 e. The minimum Gasteiger partial charge on any atom is -0.309 e. The third-order valence-electron chi connectivity index (χ3n) is 4.16. The van der Waals surface area contributed by atoms with Crippen molar-refractivity contribution in [1.29, 1.82) is 0 Å². The summed E-state index contributed by atoms with van der Waals surface area (Å²) in [7, 11) is -3.14. The van der Waals surface area contributed by atoms with Gasteiger partial charge in [0.25, 0.3) is 0 Å². The molecule has 0 amide bonds. The first-order valence-electron chi connectivity index (χ1n) is 7.89. The summed E-state index contributed by atoms with van der Waals surface area (Å²) in [6.07, 6.45) is 0. The Labute approximate surface area is 147 Å². The maximum atomic E-state index is 14.2. The molecule has 0 spiro atoms. The molecule has 0 aliphatic rings. The molecule has 0 heterocycles. The van der Waals surface area contributed by atoms with Gasteiger partial charge in [-0.3, -0.25) is 0 Å². The number of halogens is 1. The summed E-state index contributed by atoms with van der Waals surface area (Å²) in [5.41, 5.74) is 1.26. The molecule has 0 aliphatic carbocycles. The molecule has 0 aliphatic heterocycles. The van der Waals surface area contributed by atoms with Crippen LogP contribution in [0.5, 0.6) is 0 Å². The highest BCUT2D eigenvalue weighted by Crippen LogP contribution is 2.55. The Balaban J connectivity index is 2.12. The normalized spacial score (nSPS) is 11.1. The van der Waals surface area contributed by atoms with Gasteiger partial charge < -0.3 is 4.57 Å². The van der Waals surface area contributed by atoms with E-state index in [2.05, 4.69) is 13.2 Å². The number of hydrogen-bond donors (Lipinski definition) is 0. The van der Waals surface area contributed by atoms with Crippen LogP contribution in [0.1, 0.15) is 5.56 Å². The predicted octanol–water partition coefficient (Wildman–Crippen LogP) is 5.37. The van der Waals surface area contributed by atoms with Crippen molar-refractivity contribution >= 4 is 23.3 Å². The minimum absolute atomic E-state index is 0.323. The molecule has 25 heavy (non-hydrogen) atoms. The van der Waals surface area contributed by atoms with Crippen LogP contribution >= 0.6 is 7.14 Å². The van der Waals surface area contributed by atoms with E-state index >= 15 is 0 Å². The minimum atomic E-state index is -3.14. The lowest BCUT2D eigenvalue weighted by Gasteiger charge is -2.23. The summed E-state index contributed by atoms with van der Waals surface area (Å²) in [6, 6.07) is 24.6. The van der Waals surface area contributed by atoms with Gasteiger partial charge in [0.15, 0.2) is 7.14 Å². The van der Waals surface area contributed by atoms with Crippen LogP contribution in [-0.2, 0) is 4.57 Å². The van der Waals surface area contributed by atoms with Crippen LogP contribution in [-0.4, -0.2) is 0 Å². The Morgan fingerprint density at radius 3 is 1.60 bits per heavy atom. The molecule has 3 aromatic carbocycles. The van der Waals surface area contributed by atoms with E-state index in [0.717, 1.165) is 0 Å². The van der Waals surface area contributed by atoms with Gasteiger partial charge in [0.1, 0.15) is 5.82 Å². The van der Waals surface area contributed by atoms with Crippen LogP contribution in [0.15, 0.2) is 103 Å². The Morgan fingerprint density at radius 1 is 0.720 bits per heavy atom. The van der Waals surface area contributed by atoms with Crippen molar-refractivity contribution in [2.24, 2.45) is 0 Å². The lowest BCUT2D eigenvalue weighted by Crippen LogP contribution is -2.17. The molecule has 1 nitrogen and oxygen atoms in total. The topological polar surface area (TPSA) is 17.1 Å². The molecule has 124 valence electrons. The number of rotatable bonds is 5. The Morgan fingerprint density at radius 2 is 1.16 bits per heavy atom. The average Bonchev–Trinajstić information content (AvgIpc) is 2.68. The second kappa shape index (κ2) is 7.04. The molecule has 0 saturated carbocycles. The smallest absolute Gasteiger partial charge is 0.171 e. The van der Waals surface area contributed by atoms with Crippen LogP contribution < -0.4 is 10.6 Å². The zero-order chi connectivity index (χ0) is 17.9. The van der Waals surface area contributed by atoms with E-state index in [0.29, 0.717) is 27.1 Å². The van der Waals surface area contributed by atoms with Crippen LogP contribution in [0.2, 0.25) is 0 Å². The molecular formula is C22H18FOP. The summed E-state index contributed by atoms with van der Waals surface area (Å²) in [5, 5.41) is 1.86. The second-order valence-electron chi connectivity index (χ2n) is 5.71. The van der Waals surface area contributed by atoms with Gasteiger partial charge >= 0.3 is 0 Å². The number of allylic oxidation sites excluding steroid dienone is 2. The predicted molar refractivity (Wildman–Crippen MR) is 104 cm³/mol. The Hall–Kier alpha value is -2.70. The Kier molecular flexibility index (Phi) is 4.83. The van der Waals surface area contributed by atoms with E-state index in [1.54, 1.807) is 12.1 Å². The molecule has 0 aromatic heterocycles. The molecule has 3 aromatic rings. The van der Waals surface area contributed by atoms with E-state index in [-0.39, 0.29) is 5.82 Å². The second-order valence-corrected chi connectivity index (χ2v) is 8.50. The van der Waals surface area contributed by atoms with Crippen molar-refractivity contribution in [3.05, 3.63) is 115 Å². The van der Waals surface area contributed by atoms with Crippen molar-refractivity contribution in [3.8, 4) is 0 Å². The first kappa shape index (κ1) is 17.1. The van der Waals surface area contributed by atoms with Crippen LogP contribution in [0, 0.1) is 5.82 Å². The lowest BCUT2D eigenvalue weighted by atomic mass is 10.1. The highest BCUT2D eigenvalue weighted by molar-refractivity contribution is 7.83. The highest BCUT2D eigenvalue weighted by Gasteiger charge is 2.32. The quantitative estimate of drug-likeness (QED) is 0.448. The van der Waals surface area contributed by atoms with Gasteiger partial charge in [-0.2, -0.15) is 0 Å². The van der Waals surface area contributed by atoms with E-state index in [4.69, 9.17) is 0 Å². The van der Waals surface area contributed by atoms with Gasteiger partial charge in [-0.15, -0.1) is 0 Å². The molecule has 0 atom stereocenters. The maximum Gasteiger partial charge on any atom is 0.171 e. The SMILES string of the molecule is C=C(C(=C)P(=O)(c1ccccc1)c1ccccc1)c1ccc(F)cc1. The van der Waals surface area contributed by atoms with Crippen LogP contribution in [0.3, 0.4) is 0 Å². The number of benzene rings is 3. The van der Waals surface area contributed by atoms with Gasteiger partial charge in [0, 0.05) is 15.9 Å². The van der Waals surface area contributed by atoms with Gasteiger partial charge in [0.05, 0.1) is 0 Å². The molecular weight excluding hydrogens is 330 g/mol. The van der Waals surface area contributed by atoms with Crippen molar-refractivity contribution in [3.63, 3.8) is 0 Å². The molecule has 0 N–H and O–H groups in total. The first-order chi connectivity index (χ1) is 12.0. The summed E-state index contributed by atoms with van der Waals surface area (Å²) in [5.74, 6) is -0.323. The molecule has 0 fully saturated rings. The van der Waals surface area contributed by atoms with Gasteiger partial charge in [0.2, 0.25) is 0 Å². The number of hydrogen-bond acceptors (Lipinski definition) is 1. The van der Waals surface area contributed by atoms with E-state index < -0.39 is 7.14 Å². The van der Waals surface area contributed by atoms with Crippen molar-refractivity contribution < 1.29 is 8.96 Å². The molecule has 0 radical (unpaired) electrons. The molecule has 0 bridgehead atoms. The summed E-state index contributed by atoms with van der Waals surface area (Å²) in [4.78, 5) is 0. The van der Waals surface area contributed by atoms with Gasteiger partial charge in [-0.25, -0.2) is 4.39 Å². The molecule has 0 unspecified atom stereocenters. The third-order valence-corrected chi connectivity index (χ3v) is 7.24. The summed E-state index contributed by atoms with van der Waals surface area (Å²) >= 11 is 0. The third kappa shape index (κ3) is 3.26. The monoisotopic (exact) mass is 348 g/mol. The van der Waals surface area contributed by atoms with Crippen molar-refractivity contribution in [2.75, 3.05) is 0 Å². The summed E-state index contributed by atoms with van der Waals surface area (Å²) in [6.45, 7) is 8.20. The molecule has 0 saturated heterocycles. The fourth-order valence-electron chi connectivity index (χ4n) is 2.74. The highest BCUT2D eigenvalue weighted by atomic mass is 31.2. The van der Waals surface area contributed by atoms with E-state index in [9.17, 15) is 8.96 Å². The van der Waals surface area contributed by atoms with E-state index in [1.807, 2.05) is 60.7 Å². The molecule has 3 rings (SSSR count).